The van der Waals surface area contributed by atoms with Crippen LogP contribution in [0.4, 0.5) is 0 Å². The maximum Gasteiger partial charge on any atom is 0.163 e. The Balaban J connectivity index is 1.69. The predicted molar refractivity (Wildman–Crippen MR) is 113 cm³/mol. The number of hydrogen-bond acceptors (Lipinski definition) is 5. The summed E-state index contributed by atoms with van der Waals surface area (Å²) in [7, 11) is 1.56. The average Bonchev–Trinajstić information content (AvgIpc) is 3.16. The van der Waals surface area contributed by atoms with E-state index in [0.29, 0.717) is 18.6 Å². The molecule has 1 aliphatic heterocycles. The van der Waals surface area contributed by atoms with Gasteiger partial charge in [-0.2, -0.15) is 0 Å². The molecule has 3 rings (SSSR count). The van der Waals surface area contributed by atoms with E-state index in [4.69, 9.17) is 9.84 Å². The molecule has 0 aliphatic carbocycles. The molecule has 2 N–H and O–H groups in total. The third-order valence-corrected chi connectivity index (χ3v) is 5.97. The monoisotopic (exact) mass is 397 g/mol. The van der Waals surface area contributed by atoms with E-state index in [1.807, 2.05) is 24.3 Å². The number of carbonyl (C=O) groups excluding carboxylic acids is 1. The van der Waals surface area contributed by atoms with Crippen LogP contribution >= 0.6 is 0 Å². The molecule has 0 spiro atoms. The van der Waals surface area contributed by atoms with Gasteiger partial charge in [0.1, 0.15) is 0 Å². The van der Waals surface area contributed by atoms with Crippen LogP contribution in [0.25, 0.3) is 0 Å². The van der Waals surface area contributed by atoms with Crippen molar-refractivity contribution >= 4 is 5.78 Å². The van der Waals surface area contributed by atoms with Gasteiger partial charge in [0, 0.05) is 37.2 Å². The standard InChI is InChI=1S/C24H31NO4/c1-24(2,12-11-17-9-10-22(28)23(14-17)29-3)25-15-18-6-4-7-19(20(18)16-25)21(27)8-5-13-26/h4,6-7,9-10,14,26,28H,5,8,11-13,15-16H2,1-3H3. The highest BCUT2D eigenvalue weighted by atomic mass is 16.5. The molecule has 5 heteroatoms. The number of Topliss-reactive ketones (excluding diaryl/α,β-unsaturated/α-hetero) is 1. The summed E-state index contributed by atoms with van der Waals surface area (Å²) in [5, 5.41) is 18.8. The average molecular weight is 398 g/mol. The van der Waals surface area contributed by atoms with Crippen LogP contribution in [0.15, 0.2) is 36.4 Å². The maximum absolute atomic E-state index is 12.6. The fraction of sp³-hybridized carbons (Fsp3) is 0.458. The fourth-order valence-corrected chi connectivity index (χ4v) is 3.97. The molecule has 0 saturated heterocycles. The predicted octanol–water partition coefficient (Wildman–Crippen LogP) is 4.08. The molecular formula is C24H31NO4. The summed E-state index contributed by atoms with van der Waals surface area (Å²) in [6.45, 7) is 6.13. The van der Waals surface area contributed by atoms with E-state index >= 15 is 0 Å². The Kier molecular flexibility index (Phi) is 6.60. The van der Waals surface area contributed by atoms with Crippen LogP contribution in [0.5, 0.6) is 11.5 Å². The molecule has 0 unspecified atom stereocenters. The number of fused-ring (bicyclic) bond motifs is 1. The second kappa shape index (κ2) is 8.97. The molecule has 0 radical (unpaired) electrons. The Labute approximate surface area is 172 Å². The largest absolute Gasteiger partial charge is 0.504 e. The summed E-state index contributed by atoms with van der Waals surface area (Å²) < 4.78 is 5.22. The summed E-state index contributed by atoms with van der Waals surface area (Å²) in [4.78, 5) is 15.0. The number of carbonyl (C=O) groups is 1. The summed E-state index contributed by atoms with van der Waals surface area (Å²) >= 11 is 0. The Morgan fingerprint density at radius 3 is 2.72 bits per heavy atom. The molecule has 0 fully saturated rings. The third kappa shape index (κ3) is 4.80. The van der Waals surface area contributed by atoms with E-state index in [0.717, 1.165) is 42.6 Å². The topological polar surface area (TPSA) is 70.0 Å². The number of phenolic OH excluding ortho intramolecular Hbond substituents is 1. The van der Waals surface area contributed by atoms with Crippen LogP contribution in [0.2, 0.25) is 0 Å². The van der Waals surface area contributed by atoms with Crippen molar-refractivity contribution in [2.24, 2.45) is 0 Å². The number of ether oxygens (including phenoxy) is 1. The van der Waals surface area contributed by atoms with Gasteiger partial charge in [-0.25, -0.2) is 0 Å². The molecule has 0 atom stereocenters. The number of nitrogens with zero attached hydrogens (tertiary/aromatic N) is 1. The zero-order valence-corrected chi connectivity index (χ0v) is 17.6. The molecule has 0 saturated carbocycles. The lowest BCUT2D eigenvalue weighted by molar-refractivity contribution is 0.0962. The van der Waals surface area contributed by atoms with E-state index in [9.17, 15) is 9.90 Å². The van der Waals surface area contributed by atoms with Crippen LogP contribution in [-0.2, 0) is 19.5 Å². The Bertz CT molecular complexity index is 875. The molecule has 156 valence electrons. The van der Waals surface area contributed by atoms with Gasteiger partial charge in [-0.3, -0.25) is 9.69 Å². The first-order chi connectivity index (χ1) is 13.9. The van der Waals surface area contributed by atoms with Crippen molar-refractivity contribution in [1.82, 2.24) is 4.90 Å². The van der Waals surface area contributed by atoms with Crippen LogP contribution in [0, 0.1) is 0 Å². The number of phenols is 1. The van der Waals surface area contributed by atoms with E-state index in [1.165, 1.54) is 5.56 Å². The van der Waals surface area contributed by atoms with Gasteiger partial charge >= 0.3 is 0 Å². The second-order valence-corrected chi connectivity index (χ2v) is 8.37. The van der Waals surface area contributed by atoms with Gasteiger partial charge in [0.15, 0.2) is 17.3 Å². The van der Waals surface area contributed by atoms with Crippen LogP contribution in [0.3, 0.4) is 0 Å². The lowest BCUT2D eigenvalue weighted by Crippen LogP contribution is -2.40. The zero-order valence-electron chi connectivity index (χ0n) is 17.6. The number of methoxy groups -OCH3 is 1. The number of benzene rings is 2. The number of hydrogen-bond donors (Lipinski definition) is 2. The fourth-order valence-electron chi connectivity index (χ4n) is 3.97. The molecule has 1 heterocycles. The van der Waals surface area contributed by atoms with E-state index in [2.05, 4.69) is 24.8 Å². The Hall–Kier alpha value is -2.37. The molecule has 2 aromatic rings. The van der Waals surface area contributed by atoms with E-state index < -0.39 is 0 Å². The van der Waals surface area contributed by atoms with E-state index in [-0.39, 0.29) is 23.7 Å². The van der Waals surface area contributed by atoms with Gasteiger partial charge in [0.2, 0.25) is 0 Å². The quantitative estimate of drug-likeness (QED) is 0.624. The number of ketones is 1. The Morgan fingerprint density at radius 1 is 1.21 bits per heavy atom. The second-order valence-electron chi connectivity index (χ2n) is 8.37. The van der Waals surface area contributed by atoms with Crippen molar-refractivity contribution in [3.63, 3.8) is 0 Å². The summed E-state index contributed by atoms with van der Waals surface area (Å²) in [5.74, 6) is 0.774. The smallest absolute Gasteiger partial charge is 0.163 e. The molecule has 5 nitrogen and oxygen atoms in total. The normalized spacial score (nSPS) is 14.1. The number of aliphatic hydroxyl groups excluding tert-OH is 1. The Morgan fingerprint density at radius 2 is 2.00 bits per heavy atom. The zero-order chi connectivity index (χ0) is 21.0. The molecular weight excluding hydrogens is 366 g/mol. The highest BCUT2D eigenvalue weighted by molar-refractivity contribution is 5.97. The number of aryl methyl sites for hydroxylation is 1. The summed E-state index contributed by atoms with van der Waals surface area (Å²) in [6.07, 6.45) is 2.72. The highest BCUT2D eigenvalue weighted by Gasteiger charge is 2.33. The minimum Gasteiger partial charge on any atom is -0.504 e. The van der Waals surface area contributed by atoms with Gasteiger partial charge in [-0.05, 0) is 61.9 Å². The van der Waals surface area contributed by atoms with Gasteiger partial charge in [0.25, 0.3) is 0 Å². The van der Waals surface area contributed by atoms with Crippen molar-refractivity contribution < 1.29 is 19.7 Å². The third-order valence-electron chi connectivity index (χ3n) is 5.97. The minimum atomic E-state index is -0.0461. The lowest BCUT2D eigenvalue weighted by Gasteiger charge is -2.35. The molecule has 0 bridgehead atoms. The minimum absolute atomic E-state index is 0.0436. The van der Waals surface area contributed by atoms with Crippen molar-refractivity contribution in [3.8, 4) is 11.5 Å². The van der Waals surface area contributed by atoms with Gasteiger partial charge < -0.3 is 14.9 Å². The number of rotatable bonds is 9. The molecule has 0 aromatic heterocycles. The van der Waals surface area contributed by atoms with Crippen LogP contribution < -0.4 is 4.74 Å². The van der Waals surface area contributed by atoms with Crippen LogP contribution in [0.1, 0.15) is 60.2 Å². The first-order valence-corrected chi connectivity index (χ1v) is 10.2. The van der Waals surface area contributed by atoms with Crippen molar-refractivity contribution in [3.05, 3.63) is 58.7 Å². The first kappa shape index (κ1) is 21.3. The first-order valence-electron chi connectivity index (χ1n) is 10.2. The van der Waals surface area contributed by atoms with Crippen molar-refractivity contribution in [2.75, 3.05) is 13.7 Å². The van der Waals surface area contributed by atoms with Crippen LogP contribution in [-0.4, -0.2) is 40.2 Å². The van der Waals surface area contributed by atoms with Gasteiger partial charge in [0.05, 0.1) is 7.11 Å². The van der Waals surface area contributed by atoms with Gasteiger partial charge in [-0.1, -0.05) is 24.3 Å². The number of aromatic hydroxyl groups is 1. The summed E-state index contributed by atoms with van der Waals surface area (Å²) in [6, 6.07) is 11.5. The lowest BCUT2D eigenvalue weighted by atomic mass is 9.93. The molecule has 0 amide bonds. The van der Waals surface area contributed by atoms with E-state index in [1.54, 1.807) is 13.2 Å². The summed E-state index contributed by atoms with van der Waals surface area (Å²) in [5.41, 5.74) is 4.24. The maximum atomic E-state index is 12.6. The molecule has 2 aromatic carbocycles. The van der Waals surface area contributed by atoms with Gasteiger partial charge in [-0.15, -0.1) is 0 Å². The van der Waals surface area contributed by atoms with Crippen molar-refractivity contribution in [1.29, 1.82) is 0 Å². The van der Waals surface area contributed by atoms with Crippen molar-refractivity contribution in [2.45, 2.75) is 58.2 Å². The highest BCUT2D eigenvalue weighted by Crippen LogP contribution is 2.35. The molecule has 1 aliphatic rings. The molecule has 29 heavy (non-hydrogen) atoms. The number of aliphatic hydroxyl groups is 1. The SMILES string of the molecule is COc1cc(CCC(C)(C)N2Cc3cccc(C(=O)CCCO)c3C2)ccc1O.